The highest BCUT2D eigenvalue weighted by molar-refractivity contribution is 5.31. The number of aromatic nitrogens is 1. The molecular weight excluding hydrogens is 145 g/mol. The molecular formula is C8H6FNO. The van der Waals surface area contributed by atoms with Crippen molar-refractivity contribution in [3.05, 3.63) is 29.8 Å². The Morgan fingerprint density at radius 1 is 1.55 bits per heavy atom. The molecule has 1 heterocycles. The highest BCUT2D eigenvalue weighted by Gasteiger charge is 1.88. The number of aliphatic hydroxyl groups is 1. The van der Waals surface area contributed by atoms with Crippen LogP contribution in [0.15, 0.2) is 18.3 Å². The van der Waals surface area contributed by atoms with E-state index in [1.54, 1.807) is 0 Å². The summed E-state index contributed by atoms with van der Waals surface area (Å²) in [6.07, 6.45) is 1.32. The third kappa shape index (κ3) is 2.36. The minimum Gasteiger partial charge on any atom is -0.384 e. The maximum atomic E-state index is 12.2. The molecule has 0 amide bonds. The van der Waals surface area contributed by atoms with Gasteiger partial charge in [-0.1, -0.05) is 11.8 Å². The number of nitrogens with zero attached hydrogens (tertiary/aromatic N) is 1. The molecule has 1 aromatic rings. The van der Waals surface area contributed by atoms with Gasteiger partial charge >= 0.3 is 0 Å². The smallest absolute Gasteiger partial charge is 0.212 e. The van der Waals surface area contributed by atoms with Gasteiger partial charge in [-0.2, -0.15) is 4.39 Å². The predicted octanol–water partition coefficient (Wildman–Crippen LogP) is 0.564. The maximum absolute atomic E-state index is 12.2. The van der Waals surface area contributed by atoms with E-state index in [-0.39, 0.29) is 6.61 Å². The summed E-state index contributed by atoms with van der Waals surface area (Å²) >= 11 is 0. The van der Waals surface area contributed by atoms with E-state index in [2.05, 4.69) is 16.8 Å². The Bertz CT molecular complexity index is 283. The van der Waals surface area contributed by atoms with Crippen LogP contribution < -0.4 is 0 Å². The lowest BCUT2D eigenvalue weighted by atomic mass is 10.3. The standard InChI is InChI=1S/C8H6FNO/c9-8-4-3-7(6-10-8)2-1-5-11/h3-4,6,11H,5H2. The molecule has 0 aliphatic heterocycles. The lowest BCUT2D eigenvalue weighted by Gasteiger charge is -1.87. The summed E-state index contributed by atoms with van der Waals surface area (Å²) in [5, 5.41) is 8.31. The van der Waals surface area contributed by atoms with E-state index in [1.165, 1.54) is 18.3 Å². The van der Waals surface area contributed by atoms with Crippen LogP contribution in [0, 0.1) is 17.8 Å². The fourth-order valence-corrected chi connectivity index (χ4v) is 0.591. The van der Waals surface area contributed by atoms with E-state index in [4.69, 9.17) is 5.11 Å². The van der Waals surface area contributed by atoms with Crippen molar-refractivity contribution < 1.29 is 9.50 Å². The van der Waals surface area contributed by atoms with Crippen LogP contribution in [-0.2, 0) is 0 Å². The molecule has 1 aromatic heterocycles. The highest BCUT2D eigenvalue weighted by Crippen LogP contribution is 1.95. The largest absolute Gasteiger partial charge is 0.384 e. The molecule has 0 saturated carbocycles. The van der Waals surface area contributed by atoms with E-state index in [9.17, 15) is 4.39 Å². The van der Waals surface area contributed by atoms with Gasteiger partial charge in [0, 0.05) is 11.8 Å². The van der Waals surface area contributed by atoms with Gasteiger partial charge in [0.05, 0.1) is 0 Å². The Hall–Kier alpha value is -1.40. The van der Waals surface area contributed by atoms with Crippen molar-refractivity contribution in [2.24, 2.45) is 0 Å². The van der Waals surface area contributed by atoms with Gasteiger partial charge in [0.15, 0.2) is 0 Å². The number of pyridine rings is 1. The van der Waals surface area contributed by atoms with Crippen LogP contribution in [0.3, 0.4) is 0 Å². The molecule has 0 radical (unpaired) electrons. The van der Waals surface area contributed by atoms with Gasteiger partial charge in [0.25, 0.3) is 0 Å². The first-order valence-electron chi connectivity index (χ1n) is 3.04. The van der Waals surface area contributed by atoms with Crippen molar-refractivity contribution in [2.75, 3.05) is 6.61 Å². The minimum atomic E-state index is -0.528. The average molecular weight is 151 g/mol. The molecule has 0 saturated heterocycles. The SMILES string of the molecule is OCC#Cc1ccc(F)nc1. The molecule has 56 valence electrons. The van der Waals surface area contributed by atoms with Crippen LogP contribution in [-0.4, -0.2) is 16.7 Å². The van der Waals surface area contributed by atoms with Crippen molar-refractivity contribution in [1.29, 1.82) is 0 Å². The molecule has 0 unspecified atom stereocenters. The van der Waals surface area contributed by atoms with E-state index < -0.39 is 5.95 Å². The van der Waals surface area contributed by atoms with Gasteiger partial charge in [-0.25, -0.2) is 4.98 Å². The van der Waals surface area contributed by atoms with Gasteiger partial charge in [-0.3, -0.25) is 0 Å². The van der Waals surface area contributed by atoms with Gasteiger partial charge in [-0.15, -0.1) is 0 Å². The van der Waals surface area contributed by atoms with Crippen LogP contribution in [0.25, 0.3) is 0 Å². The van der Waals surface area contributed by atoms with Crippen LogP contribution in [0.2, 0.25) is 0 Å². The molecule has 0 aromatic carbocycles. The third-order valence-corrected chi connectivity index (χ3v) is 1.04. The number of halogens is 1. The van der Waals surface area contributed by atoms with Crippen molar-refractivity contribution in [1.82, 2.24) is 4.98 Å². The lowest BCUT2D eigenvalue weighted by Crippen LogP contribution is -1.82. The molecule has 2 nitrogen and oxygen atoms in total. The number of hydrogen-bond acceptors (Lipinski definition) is 2. The molecule has 0 spiro atoms. The zero-order valence-corrected chi connectivity index (χ0v) is 5.71. The summed E-state index contributed by atoms with van der Waals surface area (Å²) in [4.78, 5) is 3.38. The Labute approximate surface area is 63.7 Å². The fourth-order valence-electron chi connectivity index (χ4n) is 0.591. The van der Waals surface area contributed by atoms with Crippen molar-refractivity contribution in [2.45, 2.75) is 0 Å². The normalized spacial score (nSPS) is 8.55. The summed E-state index contributed by atoms with van der Waals surface area (Å²) in [5.74, 6) is 4.49. The van der Waals surface area contributed by atoms with Crippen molar-refractivity contribution in [3.8, 4) is 11.8 Å². The second-order valence-corrected chi connectivity index (χ2v) is 1.83. The summed E-state index contributed by atoms with van der Waals surface area (Å²) in [6.45, 7) is -0.197. The van der Waals surface area contributed by atoms with Gasteiger partial charge in [0.2, 0.25) is 5.95 Å². The number of rotatable bonds is 0. The monoisotopic (exact) mass is 151 g/mol. The summed E-state index contributed by atoms with van der Waals surface area (Å²) in [6, 6.07) is 2.73. The van der Waals surface area contributed by atoms with Crippen molar-refractivity contribution >= 4 is 0 Å². The number of hydrogen-bond donors (Lipinski definition) is 1. The maximum Gasteiger partial charge on any atom is 0.212 e. The van der Waals surface area contributed by atoms with Crippen LogP contribution >= 0.6 is 0 Å². The topological polar surface area (TPSA) is 33.1 Å². The van der Waals surface area contributed by atoms with Crippen LogP contribution in [0.1, 0.15) is 5.56 Å². The lowest BCUT2D eigenvalue weighted by molar-refractivity contribution is 0.350. The van der Waals surface area contributed by atoms with Gasteiger partial charge < -0.3 is 5.11 Å². The van der Waals surface area contributed by atoms with Gasteiger partial charge in [0.1, 0.15) is 6.61 Å². The quantitative estimate of drug-likeness (QED) is 0.434. The molecule has 0 atom stereocenters. The van der Waals surface area contributed by atoms with E-state index in [0.29, 0.717) is 5.56 Å². The van der Waals surface area contributed by atoms with E-state index in [1.807, 2.05) is 0 Å². The van der Waals surface area contributed by atoms with Crippen LogP contribution in [0.4, 0.5) is 4.39 Å². The Morgan fingerprint density at radius 2 is 2.36 bits per heavy atom. The second kappa shape index (κ2) is 3.69. The van der Waals surface area contributed by atoms with E-state index >= 15 is 0 Å². The minimum absolute atomic E-state index is 0.197. The first kappa shape index (κ1) is 7.70. The molecule has 0 aliphatic carbocycles. The summed E-state index contributed by atoms with van der Waals surface area (Å²) < 4.78 is 12.2. The van der Waals surface area contributed by atoms with Gasteiger partial charge in [-0.05, 0) is 12.1 Å². The summed E-state index contributed by atoms with van der Waals surface area (Å²) in [7, 11) is 0. The van der Waals surface area contributed by atoms with Crippen LogP contribution in [0.5, 0.6) is 0 Å². The molecule has 1 N–H and O–H groups in total. The fraction of sp³-hybridized carbons (Fsp3) is 0.125. The predicted molar refractivity (Wildman–Crippen MR) is 38.2 cm³/mol. The zero-order chi connectivity index (χ0) is 8.10. The number of aliphatic hydroxyl groups excluding tert-OH is 1. The molecule has 11 heavy (non-hydrogen) atoms. The average Bonchev–Trinajstić information content (AvgIpc) is 2.04. The second-order valence-electron chi connectivity index (χ2n) is 1.83. The first-order valence-corrected chi connectivity index (χ1v) is 3.04. The molecule has 0 bridgehead atoms. The molecule has 1 rings (SSSR count). The van der Waals surface area contributed by atoms with E-state index in [0.717, 1.165) is 0 Å². The first-order chi connectivity index (χ1) is 5.33. The molecule has 0 fully saturated rings. The third-order valence-electron chi connectivity index (χ3n) is 1.04. The highest BCUT2D eigenvalue weighted by atomic mass is 19.1. The Balaban J connectivity index is 2.82. The molecule has 3 heteroatoms. The Morgan fingerprint density at radius 3 is 2.91 bits per heavy atom. The zero-order valence-electron chi connectivity index (χ0n) is 5.71. The Kier molecular flexibility index (Phi) is 2.59. The summed E-state index contributed by atoms with van der Waals surface area (Å²) in [5.41, 5.74) is 0.598. The van der Waals surface area contributed by atoms with Crippen molar-refractivity contribution in [3.63, 3.8) is 0 Å². The molecule has 0 aliphatic rings.